The molecule has 0 aliphatic carbocycles. The molecule has 2 aliphatic heterocycles. The number of para-hydroxylation sites is 1. The van der Waals surface area contributed by atoms with Crippen molar-refractivity contribution in [3.8, 4) is 5.75 Å². The van der Waals surface area contributed by atoms with Crippen molar-refractivity contribution in [3.63, 3.8) is 0 Å². The summed E-state index contributed by atoms with van der Waals surface area (Å²) in [6.07, 6.45) is 0.684. The number of carbonyl (C=O) groups is 2. The molecule has 7 nitrogen and oxygen atoms in total. The maximum atomic E-state index is 13.2. The Balaban J connectivity index is 1.15. The van der Waals surface area contributed by atoms with Crippen LogP contribution in [-0.4, -0.2) is 66.7 Å². The van der Waals surface area contributed by atoms with Crippen LogP contribution in [0, 0.1) is 6.92 Å². The second-order valence-electron chi connectivity index (χ2n) is 9.00. The summed E-state index contributed by atoms with van der Waals surface area (Å²) in [5.74, 6) is 0.759. The predicted molar refractivity (Wildman–Crippen MR) is 138 cm³/mol. The van der Waals surface area contributed by atoms with Gasteiger partial charge in [-0.05, 0) is 30.0 Å². The van der Waals surface area contributed by atoms with Crippen molar-refractivity contribution in [1.29, 1.82) is 0 Å². The van der Waals surface area contributed by atoms with Gasteiger partial charge in [-0.3, -0.25) is 14.5 Å². The molecule has 5 rings (SSSR count). The lowest BCUT2D eigenvalue weighted by Gasteiger charge is -2.35. The lowest BCUT2D eigenvalue weighted by Crippen LogP contribution is -2.52. The molecule has 3 aromatic rings. The summed E-state index contributed by atoms with van der Waals surface area (Å²) in [5.41, 5.74) is 2.15. The molecular weight excluding hydrogens is 440 g/mol. The third-order valence-corrected chi connectivity index (χ3v) is 6.70. The quantitative estimate of drug-likeness (QED) is 0.549. The number of aryl methyl sites for hydroxylation is 1. The Morgan fingerprint density at radius 1 is 0.914 bits per heavy atom. The fraction of sp³-hybridized carbons (Fsp3) is 0.321. The number of piperazine rings is 1. The molecule has 0 atom stereocenters. The third-order valence-electron chi connectivity index (χ3n) is 6.70. The zero-order valence-corrected chi connectivity index (χ0v) is 20.0. The van der Waals surface area contributed by atoms with Crippen molar-refractivity contribution in [3.05, 3.63) is 72.3 Å². The van der Waals surface area contributed by atoms with Gasteiger partial charge in [0.15, 0.2) is 0 Å². The number of anilines is 1. The Labute approximate surface area is 205 Å². The van der Waals surface area contributed by atoms with Crippen molar-refractivity contribution in [1.82, 2.24) is 9.80 Å². The summed E-state index contributed by atoms with van der Waals surface area (Å²) in [6.45, 7) is 6.22. The monoisotopic (exact) mass is 470 g/mol. The molecule has 1 saturated heterocycles. The zero-order valence-electron chi connectivity index (χ0n) is 20.0. The van der Waals surface area contributed by atoms with E-state index >= 15 is 0 Å². The molecule has 180 valence electrons. The number of hydrogen-bond acceptors (Lipinski definition) is 5. The van der Waals surface area contributed by atoms with Gasteiger partial charge < -0.3 is 9.64 Å². The molecule has 0 bridgehead atoms. The topological polar surface area (TPSA) is 65.5 Å². The minimum atomic E-state index is -0.0770. The van der Waals surface area contributed by atoms with Gasteiger partial charge in [0.1, 0.15) is 18.1 Å². The van der Waals surface area contributed by atoms with Crippen LogP contribution in [-0.2, 0) is 9.59 Å². The second-order valence-corrected chi connectivity index (χ2v) is 9.00. The highest BCUT2D eigenvalue weighted by molar-refractivity contribution is 6.40. The van der Waals surface area contributed by atoms with E-state index in [4.69, 9.17) is 4.74 Å². The molecular formula is C28H30N4O3. The average Bonchev–Trinajstić information content (AvgIpc) is 2.90. The molecule has 2 heterocycles. The number of amides is 2. The molecule has 1 fully saturated rings. The van der Waals surface area contributed by atoms with Crippen molar-refractivity contribution >= 4 is 34.0 Å². The Kier molecular flexibility index (Phi) is 6.77. The van der Waals surface area contributed by atoms with E-state index in [1.165, 1.54) is 10.4 Å². The van der Waals surface area contributed by atoms with Gasteiger partial charge in [-0.1, -0.05) is 54.6 Å². The first-order valence-electron chi connectivity index (χ1n) is 12.2. The van der Waals surface area contributed by atoms with Gasteiger partial charge in [0, 0.05) is 51.0 Å². The van der Waals surface area contributed by atoms with E-state index < -0.39 is 0 Å². The molecule has 0 N–H and O–H groups in total. The lowest BCUT2D eigenvalue weighted by molar-refractivity contribution is -0.126. The van der Waals surface area contributed by atoms with Gasteiger partial charge >= 0.3 is 0 Å². The van der Waals surface area contributed by atoms with Gasteiger partial charge in [-0.25, -0.2) is 5.01 Å². The summed E-state index contributed by atoms with van der Waals surface area (Å²) < 4.78 is 6.09. The molecule has 0 unspecified atom stereocenters. The average molecular weight is 471 g/mol. The first kappa shape index (κ1) is 23.1. The minimum absolute atomic E-state index is 0.0669. The van der Waals surface area contributed by atoms with E-state index in [2.05, 4.69) is 28.2 Å². The third kappa shape index (κ3) is 5.05. The van der Waals surface area contributed by atoms with E-state index in [-0.39, 0.29) is 11.8 Å². The van der Waals surface area contributed by atoms with Crippen molar-refractivity contribution in [2.75, 3.05) is 44.3 Å². The maximum Gasteiger partial charge on any atom is 0.270 e. The van der Waals surface area contributed by atoms with Crippen molar-refractivity contribution in [2.24, 2.45) is 5.10 Å². The largest absolute Gasteiger partial charge is 0.492 e. The number of rotatable bonds is 6. The smallest absolute Gasteiger partial charge is 0.270 e. The van der Waals surface area contributed by atoms with E-state index in [0.29, 0.717) is 38.2 Å². The molecule has 0 radical (unpaired) electrons. The Morgan fingerprint density at radius 2 is 1.66 bits per heavy atom. The van der Waals surface area contributed by atoms with Crippen LogP contribution in [0.3, 0.4) is 0 Å². The summed E-state index contributed by atoms with van der Waals surface area (Å²) in [6, 6.07) is 22.0. The fourth-order valence-electron chi connectivity index (χ4n) is 4.66. The van der Waals surface area contributed by atoms with Crippen LogP contribution in [0.4, 0.5) is 5.69 Å². The van der Waals surface area contributed by atoms with E-state index in [1.807, 2.05) is 60.4 Å². The van der Waals surface area contributed by atoms with Crippen LogP contribution in [0.1, 0.15) is 18.4 Å². The first-order chi connectivity index (χ1) is 17.1. The van der Waals surface area contributed by atoms with E-state index in [0.717, 1.165) is 42.0 Å². The van der Waals surface area contributed by atoms with Gasteiger partial charge in [-0.2, -0.15) is 5.10 Å². The molecule has 0 spiro atoms. The van der Waals surface area contributed by atoms with Crippen LogP contribution < -0.4 is 9.75 Å². The van der Waals surface area contributed by atoms with Crippen molar-refractivity contribution in [2.45, 2.75) is 19.8 Å². The molecule has 7 heteroatoms. The zero-order chi connectivity index (χ0) is 24.2. The Morgan fingerprint density at radius 3 is 2.49 bits per heavy atom. The molecule has 3 aromatic carbocycles. The van der Waals surface area contributed by atoms with Crippen LogP contribution in [0.2, 0.25) is 0 Å². The maximum absolute atomic E-state index is 13.2. The summed E-state index contributed by atoms with van der Waals surface area (Å²) in [5, 5.41) is 8.16. The molecule has 2 amide bonds. The summed E-state index contributed by atoms with van der Waals surface area (Å²) in [7, 11) is 0. The van der Waals surface area contributed by atoms with Crippen LogP contribution in [0.25, 0.3) is 10.8 Å². The number of ether oxygens (including phenoxy) is 1. The van der Waals surface area contributed by atoms with Crippen LogP contribution >= 0.6 is 0 Å². The molecule has 2 aliphatic rings. The number of benzene rings is 3. The van der Waals surface area contributed by atoms with Crippen LogP contribution in [0.15, 0.2) is 71.8 Å². The molecule has 0 saturated carbocycles. The Bertz CT molecular complexity index is 1260. The lowest BCUT2D eigenvalue weighted by atomic mass is 10.1. The molecule has 35 heavy (non-hydrogen) atoms. The van der Waals surface area contributed by atoms with Crippen molar-refractivity contribution < 1.29 is 14.3 Å². The predicted octanol–water partition coefficient (Wildman–Crippen LogP) is 3.85. The highest BCUT2D eigenvalue weighted by Gasteiger charge is 2.30. The number of hydrazone groups is 1. The van der Waals surface area contributed by atoms with Crippen LogP contribution in [0.5, 0.6) is 5.75 Å². The minimum Gasteiger partial charge on any atom is -0.492 e. The fourth-order valence-corrected chi connectivity index (χ4v) is 4.66. The number of fused-ring (bicyclic) bond motifs is 1. The summed E-state index contributed by atoms with van der Waals surface area (Å²) >= 11 is 0. The van der Waals surface area contributed by atoms with E-state index in [1.54, 1.807) is 0 Å². The number of nitrogens with zero attached hydrogens (tertiary/aromatic N) is 4. The normalized spacial score (nSPS) is 16.9. The van der Waals surface area contributed by atoms with E-state index in [9.17, 15) is 9.59 Å². The summed E-state index contributed by atoms with van der Waals surface area (Å²) in [4.78, 5) is 29.8. The highest BCUT2D eigenvalue weighted by Crippen LogP contribution is 2.26. The van der Waals surface area contributed by atoms with Gasteiger partial charge in [0.25, 0.3) is 5.91 Å². The molecule has 0 aromatic heterocycles. The number of hydrogen-bond donors (Lipinski definition) is 0. The van der Waals surface area contributed by atoms with Gasteiger partial charge in [-0.15, -0.1) is 0 Å². The first-order valence-corrected chi connectivity index (χ1v) is 12.2. The number of carbonyl (C=O) groups excluding carboxylic acids is 2. The highest BCUT2D eigenvalue weighted by atomic mass is 16.5. The van der Waals surface area contributed by atoms with Gasteiger partial charge in [0.05, 0.1) is 5.69 Å². The van der Waals surface area contributed by atoms with Gasteiger partial charge in [0.2, 0.25) is 5.91 Å². The Hall–Kier alpha value is -3.71. The second kappa shape index (κ2) is 10.3. The standard InChI is InChI=1S/C28H30N4O3/c1-21-7-2-5-11-25(21)32-27(33)14-13-24(29-32)28(34)31-17-15-30(16-18-31)19-20-35-26-12-6-9-22-8-3-4-10-23(22)26/h2-12H,13-20H2,1H3. The SMILES string of the molecule is Cc1ccccc1N1N=C(C(=O)N2CCN(CCOc3cccc4ccccc34)CC2)CCC1=O.